The van der Waals surface area contributed by atoms with Crippen molar-refractivity contribution in [2.45, 2.75) is 25.7 Å². The van der Waals surface area contributed by atoms with Crippen LogP contribution in [0.15, 0.2) is 71.8 Å². The molecule has 1 saturated heterocycles. The first-order valence-corrected chi connectivity index (χ1v) is 12.8. The number of pyridine rings is 2. The van der Waals surface area contributed by atoms with E-state index >= 15 is 0 Å². The second-order valence-corrected chi connectivity index (χ2v) is 9.97. The van der Waals surface area contributed by atoms with E-state index in [4.69, 9.17) is 9.97 Å². The number of hydrogen-bond acceptors (Lipinski definition) is 4. The topological polar surface area (TPSA) is 64.7 Å². The lowest BCUT2D eigenvalue weighted by Gasteiger charge is -2.22. The summed E-state index contributed by atoms with van der Waals surface area (Å²) in [5, 5.41) is 5.66. The molecule has 0 spiro atoms. The highest BCUT2D eigenvalue weighted by atomic mass is 16.1. The van der Waals surface area contributed by atoms with Crippen molar-refractivity contribution in [3.05, 3.63) is 83.2 Å². The molecule has 6 nitrogen and oxygen atoms in total. The zero-order chi connectivity index (χ0) is 24.6. The molecule has 1 aliphatic rings. The van der Waals surface area contributed by atoms with Crippen LogP contribution in [0, 0.1) is 5.92 Å². The van der Waals surface area contributed by atoms with E-state index in [0.29, 0.717) is 0 Å². The second kappa shape index (κ2) is 9.36. The first-order valence-electron chi connectivity index (χ1n) is 12.8. The third-order valence-corrected chi connectivity index (χ3v) is 7.74. The van der Waals surface area contributed by atoms with Crippen LogP contribution in [-0.4, -0.2) is 32.2 Å². The summed E-state index contributed by atoms with van der Waals surface area (Å²) >= 11 is 0. The normalized spacial score (nSPS) is 14.6. The summed E-state index contributed by atoms with van der Waals surface area (Å²) in [6.07, 6.45) is 8.72. The molecule has 3 aromatic heterocycles. The predicted octanol–water partition coefficient (Wildman–Crippen LogP) is 5.09. The maximum atomic E-state index is 12.4. The molecular formula is C30H31N5O. The Hall–Kier alpha value is -3.77. The molecule has 1 N–H and O–H groups in total. The van der Waals surface area contributed by atoms with Crippen molar-refractivity contribution >= 4 is 21.8 Å². The molecular weight excluding hydrogens is 446 g/mol. The van der Waals surface area contributed by atoms with Crippen molar-refractivity contribution in [2.24, 2.45) is 20.0 Å². The Balaban J connectivity index is 1.28. The van der Waals surface area contributed by atoms with Crippen molar-refractivity contribution in [3.8, 4) is 22.4 Å². The molecule has 1 aliphatic heterocycles. The van der Waals surface area contributed by atoms with Gasteiger partial charge in [0.2, 0.25) is 0 Å². The summed E-state index contributed by atoms with van der Waals surface area (Å²) in [4.78, 5) is 21.9. The Labute approximate surface area is 210 Å². The van der Waals surface area contributed by atoms with Crippen LogP contribution in [0.25, 0.3) is 44.2 Å². The van der Waals surface area contributed by atoms with E-state index in [1.807, 2.05) is 32.6 Å². The van der Waals surface area contributed by atoms with E-state index in [1.165, 1.54) is 19.3 Å². The fraction of sp³-hybridized carbons (Fsp3) is 0.300. The van der Waals surface area contributed by atoms with Gasteiger partial charge in [-0.1, -0.05) is 24.3 Å². The highest BCUT2D eigenvalue weighted by Crippen LogP contribution is 2.32. The average molecular weight is 478 g/mol. The minimum atomic E-state index is -0.0164. The number of aryl methyl sites for hydroxylation is 3. The summed E-state index contributed by atoms with van der Waals surface area (Å²) < 4.78 is 3.38. The van der Waals surface area contributed by atoms with Gasteiger partial charge in [0.1, 0.15) is 0 Å². The Morgan fingerprint density at radius 2 is 1.69 bits per heavy atom. The predicted molar refractivity (Wildman–Crippen MR) is 146 cm³/mol. The van der Waals surface area contributed by atoms with Crippen molar-refractivity contribution in [1.82, 2.24) is 24.4 Å². The number of nitrogens with one attached hydrogen (secondary N) is 1. The Morgan fingerprint density at radius 1 is 0.889 bits per heavy atom. The molecule has 0 unspecified atom stereocenters. The molecule has 2 aromatic carbocycles. The molecule has 182 valence electrons. The van der Waals surface area contributed by atoms with Crippen LogP contribution in [0.2, 0.25) is 0 Å². The van der Waals surface area contributed by atoms with Gasteiger partial charge in [-0.05, 0) is 91.5 Å². The molecule has 0 bridgehead atoms. The van der Waals surface area contributed by atoms with Crippen molar-refractivity contribution in [3.63, 3.8) is 0 Å². The Morgan fingerprint density at radius 3 is 2.50 bits per heavy atom. The summed E-state index contributed by atoms with van der Waals surface area (Å²) in [5.41, 5.74) is 7.14. The highest BCUT2D eigenvalue weighted by molar-refractivity contribution is 5.99. The van der Waals surface area contributed by atoms with E-state index in [0.717, 1.165) is 75.3 Å². The van der Waals surface area contributed by atoms with Crippen LogP contribution in [0.1, 0.15) is 25.0 Å². The molecule has 6 heteroatoms. The van der Waals surface area contributed by atoms with Crippen molar-refractivity contribution in [1.29, 1.82) is 0 Å². The van der Waals surface area contributed by atoms with Crippen molar-refractivity contribution < 1.29 is 0 Å². The quantitative estimate of drug-likeness (QED) is 0.383. The van der Waals surface area contributed by atoms with Crippen LogP contribution in [-0.2, 0) is 20.5 Å². The van der Waals surface area contributed by atoms with Gasteiger partial charge in [0, 0.05) is 43.1 Å². The van der Waals surface area contributed by atoms with Gasteiger partial charge >= 0.3 is 5.69 Å². The van der Waals surface area contributed by atoms with E-state index < -0.39 is 0 Å². The maximum absolute atomic E-state index is 12.4. The van der Waals surface area contributed by atoms with Crippen LogP contribution in [0.3, 0.4) is 0 Å². The van der Waals surface area contributed by atoms with Gasteiger partial charge in [-0.3, -0.25) is 19.1 Å². The van der Waals surface area contributed by atoms with Crippen LogP contribution in [0.4, 0.5) is 0 Å². The van der Waals surface area contributed by atoms with Gasteiger partial charge < -0.3 is 5.32 Å². The van der Waals surface area contributed by atoms with E-state index in [-0.39, 0.29) is 5.69 Å². The molecule has 1 fully saturated rings. The fourth-order valence-corrected chi connectivity index (χ4v) is 5.50. The minimum absolute atomic E-state index is 0.0164. The molecule has 0 atom stereocenters. The van der Waals surface area contributed by atoms with Gasteiger partial charge in [-0.2, -0.15) is 0 Å². The molecule has 6 rings (SSSR count). The molecule has 0 amide bonds. The molecule has 0 saturated carbocycles. The van der Waals surface area contributed by atoms with Crippen molar-refractivity contribution in [2.75, 3.05) is 13.1 Å². The lowest BCUT2D eigenvalue weighted by molar-refractivity contribution is 0.353. The maximum Gasteiger partial charge on any atom is 0.328 e. The number of hydrogen-bond donors (Lipinski definition) is 1. The number of benzene rings is 2. The van der Waals surface area contributed by atoms with Crippen LogP contribution in [0.5, 0.6) is 0 Å². The number of piperidine rings is 1. The zero-order valence-electron chi connectivity index (χ0n) is 20.9. The van der Waals surface area contributed by atoms with Gasteiger partial charge in [0.15, 0.2) is 0 Å². The van der Waals surface area contributed by atoms with Gasteiger partial charge in [0.05, 0.1) is 16.7 Å². The van der Waals surface area contributed by atoms with Gasteiger partial charge in [0.25, 0.3) is 0 Å². The summed E-state index contributed by atoms with van der Waals surface area (Å²) in [7, 11) is 3.63. The Bertz CT molecular complexity index is 1610. The monoisotopic (exact) mass is 477 g/mol. The zero-order valence-corrected chi connectivity index (χ0v) is 20.9. The van der Waals surface area contributed by atoms with E-state index in [1.54, 1.807) is 9.13 Å². The first-order chi connectivity index (χ1) is 17.6. The summed E-state index contributed by atoms with van der Waals surface area (Å²) in [6.45, 7) is 2.29. The number of nitrogens with zero attached hydrogens (tertiary/aromatic N) is 4. The third kappa shape index (κ3) is 4.11. The van der Waals surface area contributed by atoms with E-state index in [9.17, 15) is 4.79 Å². The van der Waals surface area contributed by atoms with Gasteiger partial charge in [-0.15, -0.1) is 0 Å². The lowest BCUT2D eigenvalue weighted by Crippen LogP contribution is -2.27. The number of rotatable bonds is 5. The molecule has 0 aliphatic carbocycles. The first kappa shape index (κ1) is 22.7. The minimum Gasteiger partial charge on any atom is -0.317 e. The standard InChI is InChI=1S/C30H31N5O/c1-34-28-11-8-22(17-29(28)35(2)30(34)36)25-5-3-4-21-16-27(33-19-26(21)25)23-7-10-24(32-18-23)9-6-20-12-14-31-15-13-20/h3-5,7-8,10-11,16-20,31H,6,9,12-15H2,1-2H3. The fourth-order valence-electron chi connectivity index (χ4n) is 5.50. The third-order valence-electron chi connectivity index (χ3n) is 7.74. The summed E-state index contributed by atoms with van der Waals surface area (Å²) in [5.74, 6) is 0.816. The van der Waals surface area contributed by atoms with E-state index in [2.05, 4.69) is 53.8 Å². The number of imidazole rings is 1. The summed E-state index contributed by atoms with van der Waals surface area (Å²) in [6, 6.07) is 18.9. The largest absolute Gasteiger partial charge is 0.328 e. The van der Waals surface area contributed by atoms with Gasteiger partial charge in [-0.25, -0.2) is 4.79 Å². The molecule has 36 heavy (non-hydrogen) atoms. The molecule has 4 heterocycles. The Kier molecular flexibility index (Phi) is 5.89. The average Bonchev–Trinajstić information content (AvgIpc) is 3.15. The number of fused-ring (bicyclic) bond motifs is 2. The van der Waals surface area contributed by atoms with Crippen LogP contribution >= 0.6 is 0 Å². The number of aromatic nitrogens is 4. The molecule has 5 aromatic rings. The highest BCUT2D eigenvalue weighted by Gasteiger charge is 2.14. The molecule has 0 radical (unpaired) electrons. The smallest absolute Gasteiger partial charge is 0.317 e. The SMILES string of the molecule is Cn1c(=O)n(C)c2cc(-c3cccc4cc(-c5ccc(CCC6CCNCC6)nc5)ncc34)ccc21. The second-order valence-electron chi connectivity index (χ2n) is 9.97. The lowest BCUT2D eigenvalue weighted by atomic mass is 9.92. The van der Waals surface area contributed by atoms with Crippen LogP contribution < -0.4 is 11.0 Å².